The van der Waals surface area contributed by atoms with Gasteiger partial charge in [-0.25, -0.2) is 0 Å². The molecule has 0 amide bonds. The molecule has 76 valence electrons. The standard InChI is InChI=1S/C7H8.C7H10.H2/c1-7-5-3-2-4-6-7;1-2-7-5-3-4-6-7;/h2-6H,1H3;3-7H,2H2,1H3;1H. The second-order valence-electron chi connectivity index (χ2n) is 3.50. The van der Waals surface area contributed by atoms with Crippen LogP contribution in [-0.4, -0.2) is 0 Å². The van der Waals surface area contributed by atoms with Crippen LogP contribution < -0.4 is 0 Å². The van der Waals surface area contributed by atoms with Gasteiger partial charge in [0.1, 0.15) is 0 Å². The van der Waals surface area contributed by atoms with Gasteiger partial charge in [-0.2, -0.15) is 0 Å². The normalized spacial score (nSPS) is 13.9. The Morgan fingerprint density at radius 2 is 1.64 bits per heavy atom. The zero-order chi connectivity index (χ0) is 10.2. The summed E-state index contributed by atoms with van der Waals surface area (Å²) in [7, 11) is 0. The molecule has 14 heavy (non-hydrogen) atoms. The lowest BCUT2D eigenvalue weighted by Crippen LogP contribution is -1.81. The third-order valence-corrected chi connectivity index (χ3v) is 2.24. The van der Waals surface area contributed by atoms with E-state index in [0.717, 1.165) is 5.92 Å². The number of benzene rings is 1. The van der Waals surface area contributed by atoms with E-state index in [1.807, 2.05) is 18.2 Å². The number of allylic oxidation sites excluding steroid dienone is 4. The molecule has 1 aliphatic rings. The summed E-state index contributed by atoms with van der Waals surface area (Å²) >= 11 is 0. The molecule has 0 atom stereocenters. The molecule has 1 aromatic carbocycles. The molecule has 0 saturated carbocycles. The van der Waals surface area contributed by atoms with Crippen molar-refractivity contribution in [2.75, 3.05) is 0 Å². The van der Waals surface area contributed by atoms with Crippen LogP contribution in [0.25, 0.3) is 0 Å². The van der Waals surface area contributed by atoms with Gasteiger partial charge < -0.3 is 0 Å². The smallest absolute Gasteiger partial charge is 0 e. The number of hydrogen-bond acceptors (Lipinski definition) is 0. The van der Waals surface area contributed by atoms with Crippen LogP contribution in [0, 0.1) is 12.8 Å². The Hall–Kier alpha value is -1.30. The second-order valence-corrected chi connectivity index (χ2v) is 3.50. The van der Waals surface area contributed by atoms with Gasteiger partial charge in [-0.3, -0.25) is 0 Å². The Bertz CT molecular complexity index is 286. The summed E-state index contributed by atoms with van der Waals surface area (Å²) in [5, 5.41) is 0. The first kappa shape index (κ1) is 10.8. The molecule has 0 aromatic heterocycles. The lowest BCUT2D eigenvalue weighted by atomic mass is 10.1. The molecule has 1 aromatic rings. The van der Waals surface area contributed by atoms with Crippen LogP contribution in [0.4, 0.5) is 0 Å². The fourth-order valence-corrected chi connectivity index (χ4v) is 1.28. The van der Waals surface area contributed by atoms with E-state index in [9.17, 15) is 0 Å². The highest BCUT2D eigenvalue weighted by Gasteiger charge is 1.96. The molecule has 0 nitrogen and oxygen atoms in total. The van der Waals surface area contributed by atoms with E-state index in [2.05, 4.69) is 50.3 Å². The third-order valence-electron chi connectivity index (χ3n) is 2.24. The summed E-state index contributed by atoms with van der Waals surface area (Å²) in [6.07, 6.45) is 9.90. The van der Waals surface area contributed by atoms with Crippen molar-refractivity contribution in [3.05, 3.63) is 60.2 Å². The predicted octanol–water partition coefficient (Wildman–Crippen LogP) is 4.38. The first-order valence-electron chi connectivity index (χ1n) is 5.19. The first-order valence-corrected chi connectivity index (χ1v) is 5.19. The van der Waals surface area contributed by atoms with E-state index >= 15 is 0 Å². The average molecular weight is 188 g/mol. The Morgan fingerprint density at radius 1 is 1.07 bits per heavy atom. The molecule has 0 saturated heterocycles. The van der Waals surface area contributed by atoms with Crippen molar-refractivity contribution in [2.24, 2.45) is 5.92 Å². The summed E-state index contributed by atoms with van der Waals surface area (Å²) in [4.78, 5) is 0. The van der Waals surface area contributed by atoms with Crippen LogP contribution in [0.5, 0.6) is 0 Å². The molecule has 0 heteroatoms. The van der Waals surface area contributed by atoms with Crippen molar-refractivity contribution in [1.82, 2.24) is 0 Å². The van der Waals surface area contributed by atoms with Crippen molar-refractivity contribution in [1.29, 1.82) is 0 Å². The molecule has 0 N–H and O–H groups in total. The quantitative estimate of drug-likeness (QED) is 0.613. The van der Waals surface area contributed by atoms with Gasteiger partial charge in [0.05, 0.1) is 0 Å². The molecular formula is C14H20. The van der Waals surface area contributed by atoms with E-state index in [1.165, 1.54) is 12.0 Å². The zero-order valence-electron chi connectivity index (χ0n) is 8.98. The van der Waals surface area contributed by atoms with Crippen LogP contribution in [-0.2, 0) is 0 Å². The predicted molar refractivity (Wildman–Crippen MR) is 65.4 cm³/mol. The van der Waals surface area contributed by atoms with E-state index in [4.69, 9.17) is 0 Å². The van der Waals surface area contributed by atoms with Gasteiger partial charge in [0.25, 0.3) is 0 Å². The van der Waals surface area contributed by atoms with Crippen LogP contribution in [0.15, 0.2) is 54.6 Å². The number of aryl methyl sites for hydroxylation is 1. The van der Waals surface area contributed by atoms with Crippen molar-refractivity contribution < 1.29 is 1.43 Å². The van der Waals surface area contributed by atoms with E-state index in [-0.39, 0.29) is 1.43 Å². The second kappa shape index (κ2) is 6.20. The summed E-state index contributed by atoms with van der Waals surface area (Å²) in [6.45, 7) is 4.28. The maximum absolute atomic E-state index is 2.22. The molecular weight excluding hydrogens is 168 g/mol. The molecule has 0 heterocycles. The lowest BCUT2D eigenvalue weighted by molar-refractivity contribution is 0.784. The largest absolute Gasteiger partial charge is 0.0776 e. The number of hydrogen-bond donors (Lipinski definition) is 0. The van der Waals surface area contributed by atoms with Gasteiger partial charge >= 0.3 is 0 Å². The third kappa shape index (κ3) is 4.08. The van der Waals surface area contributed by atoms with Crippen molar-refractivity contribution in [3.63, 3.8) is 0 Å². The molecule has 0 unspecified atom stereocenters. The Kier molecular flexibility index (Phi) is 4.77. The highest BCUT2D eigenvalue weighted by molar-refractivity contribution is 5.16. The maximum Gasteiger partial charge on any atom is 0 e. The fourth-order valence-electron chi connectivity index (χ4n) is 1.28. The molecule has 0 bridgehead atoms. The monoisotopic (exact) mass is 188 g/mol. The molecule has 1 aliphatic carbocycles. The topological polar surface area (TPSA) is 0 Å². The van der Waals surface area contributed by atoms with Crippen LogP contribution >= 0.6 is 0 Å². The molecule has 0 aliphatic heterocycles. The summed E-state index contributed by atoms with van der Waals surface area (Å²) in [5.74, 6) is 0.736. The van der Waals surface area contributed by atoms with Crippen LogP contribution in [0.3, 0.4) is 0 Å². The lowest BCUT2D eigenvalue weighted by Gasteiger charge is -1.93. The summed E-state index contributed by atoms with van der Waals surface area (Å²) in [6, 6.07) is 10.3. The summed E-state index contributed by atoms with van der Waals surface area (Å²) in [5.41, 5.74) is 1.32. The van der Waals surface area contributed by atoms with E-state index < -0.39 is 0 Å². The average Bonchev–Trinajstić information content (AvgIpc) is 2.72. The van der Waals surface area contributed by atoms with Gasteiger partial charge in [-0.1, -0.05) is 67.1 Å². The zero-order valence-corrected chi connectivity index (χ0v) is 8.98. The van der Waals surface area contributed by atoms with Crippen molar-refractivity contribution in [3.8, 4) is 0 Å². The van der Waals surface area contributed by atoms with Gasteiger partial charge in [0.2, 0.25) is 0 Å². The Balaban J connectivity index is 0.000000245. The molecule has 2 rings (SSSR count). The minimum Gasteiger partial charge on any atom is -0.0776 e. The van der Waals surface area contributed by atoms with Crippen molar-refractivity contribution >= 4 is 0 Å². The van der Waals surface area contributed by atoms with E-state index in [1.54, 1.807) is 0 Å². The Morgan fingerprint density at radius 3 is 1.93 bits per heavy atom. The fraction of sp³-hybridized carbons (Fsp3) is 0.286. The highest BCUT2D eigenvalue weighted by atomic mass is 14.0. The van der Waals surface area contributed by atoms with Crippen LogP contribution in [0.1, 0.15) is 20.3 Å². The maximum atomic E-state index is 2.22. The number of rotatable bonds is 1. The molecule has 0 fully saturated rings. The summed E-state index contributed by atoms with van der Waals surface area (Å²) < 4.78 is 0. The first-order chi connectivity index (χ1) is 6.83. The van der Waals surface area contributed by atoms with Crippen LogP contribution in [0.2, 0.25) is 0 Å². The highest BCUT2D eigenvalue weighted by Crippen LogP contribution is 2.11. The van der Waals surface area contributed by atoms with Gasteiger partial charge in [0, 0.05) is 1.43 Å². The minimum atomic E-state index is 0. The van der Waals surface area contributed by atoms with E-state index in [0.29, 0.717) is 0 Å². The SMILES string of the molecule is CCC1C=CC=C1.Cc1ccccc1.[HH]. The molecule has 0 spiro atoms. The van der Waals surface area contributed by atoms with Gasteiger partial charge in [-0.05, 0) is 19.3 Å². The minimum absolute atomic E-state index is 0. The molecule has 0 radical (unpaired) electrons. The van der Waals surface area contributed by atoms with Crippen molar-refractivity contribution in [2.45, 2.75) is 20.3 Å². The van der Waals surface area contributed by atoms with Gasteiger partial charge in [0.15, 0.2) is 0 Å². The van der Waals surface area contributed by atoms with Gasteiger partial charge in [-0.15, -0.1) is 0 Å². The Labute approximate surface area is 88.5 Å².